The molecule has 3 saturated heterocycles. The summed E-state index contributed by atoms with van der Waals surface area (Å²) in [7, 11) is 1.30. The first-order chi connectivity index (χ1) is 31.1. The van der Waals surface area contributed by atoms with Gasteiger partial charge in [0, 0.05) is 43.2 Å². The Labute approximate surface area is 374 Å². The van der Waals surface area contributed by atoms with Crippen molar-refractivity contribution in [3.8, 4) is 11.3 Å². The van der Waals surface area contributed by atoms with Crippen molar-refractivity contribution in [3.05, 3.63) is 95.5 Å². The molecule has 0 unspecified atom stereocenters. The van der Waals surface area contributed by atoms with Gasteiger partial charge in [0.25, 0.3) is 5.91 Å². The Morgan fingerprint density at radius 2 is 1.34 bits per heavy atom. The van der Waals surface area contributed by atoms with Gasteiger partial charge >= 0.3 is 12.2 Å². The number of hydrogen-bond acceptors (Lipinski definition) is 9. The third kappa shape index (κ3) is 8.62. The van der Waals surface area contributed by atoms with E-state index in [0.29, 0.717) is 44.7 Å². The van der Waals surface area contributed by atoms with Crippen LogP contribution in [0.1, 0.15) is 137 Å². The molecule has 4 atom stereocenters. The maximum absolute atomic E-state index is 14.4. The predicted octanol–water partition coefficient (Wildman–Crippen LogP) is 7.70. The lowest BCUT2D eigenvalue weighted by molar-refractivity contribution is -0.136. The summed E-state index contributed by atoms with van der Waals surface area (Å²) < 4.78 is 15.9. The fraction of sp³-hybridized carbons (Fsp3) is 0.551. The number of fused-ring (bicyclic) bond motifs is 3. The van der Waals surface area contributed by atoms with Crippen LogP contribution in [0.25, 0.3) is 11.3 Å². The number of imidazole rings is 2. The minimum absolute atomic E-state index is 0.0226. The van der Waals surface area contributed by atoms with Crippen molar-refractivity contribution in [2.24, 2.45) is 5.92 Å². The quantitative estimate of drug-likeness (QED) is 0.111. The van der Waals surface area contributed by atoms with Gasteiger partial charge in [0.1, 0.15) is 29.8 Å². The van der Waals surface area contributed by atoms with E-state index < -0.39 is 24.3 Å². The predicted molar refractivity (Wildman–Crippen MR) is 238 cm³/mol. The van der Waals surface area contributed by atoms with E-state index in [9.17, 15) is 19.2 Å². The second-order valence-electron chi connectivity index (χ2n) is 18.9. The highest BCUT2D eigenvalue weighted by Crippen LogP contribution is 2.58. The van der Waals surface area contributed by atoms with Gasteiger partial charge in [-0.25, -0.2) is 19.6 Å². The number of rotatable bonds is 12. The third-order valence-corrected chi connectivity index (χ3v) is 15.0. The summed E-state index contributed by atoms with van der Waals surface area (Å²) >= 11 is 0. The molecule has 2 aromatic carbocycles. The van der Waals surface area contributed by atoms with Gasteiger partial charge in [-0.15, -0.1) is 0 Å². The molecule has 340 valence electrons. The van der Waals surface area contributed by atoms with Crippen LogP contribution in [0.5, 0.6) is 0 Å². The molecule has 3 aliphatic heterocycles. The monoisotopic (exact) mass is 874 g/mol. The molecule has 0 radical (unpaired) electrons. The van der Waals surface area contributed by atoms with E-state index >= 15 is 0 Å². The van der Waals surface area contributed by atoms with E-state index in [1.54, 1.807) is 0 Å². The molecule has 15 nitrogen and oxygen atoms in total. The summed E-state index contributed by atoms with van der Waals surface area (Å²) in [5.74, 6) is 1.19. The van der Waals surface area contributed by atoms with Crippen molar-refractivity contribution in [1.29, 1.82) is 0 Å². The standard InChI is InChI=1S/C49H62N8O7/c1-31(2)40(54-46(60)62-3)44(58)56-25-7-11-37(56)42-50-29-36(52-42)32-13-15-34(16-14-32)48-19-22-49(23-20-48,24-21-48)39-30-51-43(53-39)38-12-8-26-57(38)45(59)41(33-9-5-4-6-10-33)55-47(61)64-35-17-27-63-28-18-35/h4-6,9-10,13-16,29-31,35,37-38,40-41H,7-8,11-12,17-28H2,1-3H3,(H,50,52)(H,51,53)(H,54,60)(H,55,61)/t37-,38-,40-,41-,48?,49?/m0/s1. The summed E-state index contributed by atoms with van der Waals surface area (Å²) in [6.07, 6.45) is 13.5. The van der Waals surface area contributed by atoms with E-state index in [2.05, 4.69) is 44.9 Å². The molecular weight excluding hydrogens is 813 g/mol. The number of hydrogen-bond donors (Lipinski definition) is 4. The smallest absolute Gasteiger partial charge is 0.408 e. The number of nitrogens with zero attached hydrogens (tertiary/aromatic N) is 4. The molecule has 6 aliphatic rings. The molecule has 64 heavy (non-hydrogen) atoms. The number of H-pyrrole nitrogens is 2. The number of likely N-dealkylation sites (tertiary alicyclic amines) is 2. The van der Waals surface area contributed by atoms with Crippen LogP contribution in [-0.4, -0.2) is 99.3 Å². The summed E-state index contributed by atoms with van der Waals surface area (Å²) in [5.41, 5.74) is 5.36. The van der Waals surface area contributed by atoms with Gasteiger partial charge in [0.2, 0.25) is 5.91 Å². The fourth-order valence-corrected chi connectivity index (χ4v) is 11.2. The molecule has 0 spiro atoms. The normalized spacial score (nSPS) is 25.6. The number of nitrogens with one attached hydrogen (secondary N) is 4. The molecule has 6 fully saturated rings. The number of alkyl carbamates (subject to hydrolysis) is 2. The molecule has 3 aliphatic carbocycles. The van der Waals surface area contributed by atoms with E-state index in [1.807, 2.05) is 66.4 Å². The molecule has 3 saturated carbocycles. The Morgan fingerprint density at radius 3 is 1.98 bits per heavy atom. The Balaban J connectivity index is 0.838. The highest BCUT2D eigenvalue weighted by atomic mass is 16.6. The van der Waals surface area contributed by atoms with Crippen LogP contribution >= 0.6 is 0 Å². The number of aromatic amines is 2. The minimum Gasteiger partial charge on any atom is -0.453 e. The second kappa shape index (κ2) is 18.4. The molecule has 5 heterocycles. The van der Waals surface area contributed by atoms with Gasteiger partial charge in [-0.05, 0) is 92.2 Å². The van der Waals surface area contributed by atoms with E-state index in [0.717, 1.165) is 87.1 Å². The first-order valence-corrected chi connectivity index (χ1v) is 23.3. The highest BCUT2D eigenvalue weighted by molar-refractivity contribution is 5.88. The topological polar surface area (TPSA) is 184 Å². The molecule has 4 aromatic rings. The van der Waals surface area contributed by atoms with Crippen molar-refractivity contribution < 1.29 is 33.4 Å². The fourth-order valence-electron chi connectivity index (χ4n) is 11.2. The highest BCUT2D eigenvalue weighted by Gasteiger charge is 2.51. The number of amides is 4. The second-order valence-corrected chi connectivity index (χ2v) is 18.9. The lowest BCUT2D eigenvalue weighted by atomic mass is 9.51. The average molecular weight is 875 g/mol. The van der Waals surface area contributed by atoms with Crippen LogP contribution in [0.4, 0.5) is 9.59 Å². The van der Waals surface area contributed by atoms with E-state index in [1.165, 1.54) is 18.4 Å². The summed E-state index contributed by atoms with van der Waals surface area (Å²) in [4.78, 5) is 73.9. The SMILES string of the molecule is COC(=O)N[C@H](C(=O)N1CCC[C@H]1c1ncc(-c2ccc(C34CCC(c5cnc([C@@H]6CCCN6C(=O)[C@@H](NC(=O)OC6CCOCC6)c6ccccc6)[nH]5)(CC3)CC4)cc2)[nH]1)C(C)C. The summed E-state index contributed by atoms with van der Waals surface area (Å²) in [6, 6.07) is 16.4. The first kappa shape index (κ1) is 43.5. The molecule has 15 heteroatoms. The van der Waals surface area contributed by atoms with Gasteiger partial charge in [-0.2, -0.15) is 0 Å². The number of benzene rings is 2. The number of carbonyl (C=O) groups is 4. The van der Waals surface area contributed by atoms with Crippen LogP contribution in [0, 0.1) is 5.92 Å². The Kier molecular flexibility index (Phi) is 12.5. The number of aromatic nitrogens is 4. The maximum atomic E-state index is 14.4. The van der Waals surface area contributed by atoms with Gasteiger partial charge in [0.05, 0.1) is 44.3 Å². The Morgan fingerprint density at radius 1 is 0.734 bits per heavy atom. The largest absolute Gasteiger partial charge is 0.453 e. The summed E-state index contributed by atoms with van der Waals surface area (Å²) in [5, 5.41) is 5.63. The Hall–Kier alpha value is -5.70. The van der Waals surface area contributed by atoms with Crippen LogP contribution in [0.2, 0.25) is 0 Å². The van der Waals surface area contributed by atoms with Crippen LogP contribution in [-0.2, 0) is 34.6 Å². The number of methoxy groups -OCH3 is 1. The van der Waals surface area contributed by atoms with Gasteiger partial charge in [-0.1, -0.05) is 68.4 Å². The molecule has 4 amide bonds. The van der Waals surface area contributed by atoms with Crippen LogP contribution in [0.15, 0.2) is 67.0 Å². The lowest BCUT2D eigenvalue weighted by Gasteiger charge is -2.53. The van der Waals surface area contributed by atoms with Crippen molar-refractivity contribution in [2.45, 2.75) is 132 Å². The van der Waals surface area contributed by atoms with Gasteiger partial charge < -0.3 is 44.6 Å². The van der Waals surface area contributed by atoms with E-state index in [4.69, 9.17) is 24.2 Å². The minimum atomic E-state index is -0.875. The van der Waals surface area contributed by atoms with Crippen molar-refractivity contribution in [3.63, 3.8) is 0 Å². The molecular formula is C49H62N8O7. The zero-order valence-electron chi connectivity index (χ0n) is 37.3. The lowest BCUT2D eigenvalue weighted by Crippen LogP contribution is -2.51. The average Bonchev–Trinajstić information content (AvgIpc) is 4.18. The Bertz CT molecular complexity index is 2260. The van der Waals surface area contributed by atoms with Crippen molar-refractivity contribution in [1.82, 2.24) is 40.4 Å². The van der Waals surface area contributed by atoms with Crippen molar-refractivity contribution >= 4 is 24.0 Å². The molecule has 2 bridgehead atoms. The zero-order chi connectivity index (χ0) is 44.4. The zero-order valence-corrected chi connectivity index (χ0v) is 37.3. The van der Waals surface area contributed by atoms with Crippen LogP contribution < -0.4 is 10.6 Å². The first-order valence-electron chi connectivity index (χ1n) is 23.3. The maximum Gasteiger partial charge on any atom is 0.408 e. The van der Waals surface area contributed by atoms with Gasteiger partial charge in [0.15, 0.2) is 0 Å². The van der Waals surface area contributed by atoms with Crippen LogP contribution in [0.3, 0.4) is 0 Å². The molecule has 2 aromatic heterocycles. The van der Waals surface area contributed by atoms with Gasteiger partial charge in [-0.3, -0.25) is 9.59 Å². The summed E-state index contributed by atoms with van der Waals surface area (Å²) in [6.45, 7) is 6.14. The number of ether oxygens (including phenoxy) is 3. The molecule has 10 rings (SSSR count). The third-order valence-electron chi connectivity index (χ3n) is 15.0. The van der Waals surface area contributed by atoms with Crippen molar-refractivity contribution in [2.75, 3.05) is 33.4 Å². The molecule has 4 N–H and O–H groups in total. The number of carbonyl (C=O) groups excluding carboxylic acids is 4. The van der Waals surface area contributed by atoms with E-state index in [-0.39, 0.29) is 46.7 Å².